The van der Waals surface area contributed by atoms with Crippen molar-refractivity contribution in [3.63, 3.8) is 0 Å². The smallest absolute Gasteiger partial charge is 0.233 e. The van der Waals surface area contributed by atoms with Gasteiger partial charge in [-0.2, -0.15) is 0 Å². The quantitative estimate of drug-likeness (QED) is 0.830. The lowest BCUT2D eigenvalue weighted by molar-refractivity contribution is -0.117. The van der Waals surface area contributed by atoms with Crippen LogP contribution in [0.2, 0.25) is 0 Å². The van der Waals surface area contributed by atoms with Gasteiger partial charge in [0.05, 0.1) is 25.0 Å². The van der Waals surface area contributed by atoms with Crippen LogP contribution in [0.4, 0.5) is 0 Å². The maximum Gasteiger partial charge on any atom is 0.233 e. The number of methoxy groups -OCH3 is 1. The van der Waals surface area contributed by atoms with Crippen molar-refractivity contribution in [1.82, 2.24) is 10.2 Å². The number of rotatable bonds is 2. The molecule has 1 N–H and O–H groups in total. The Labute approximate surface area is 99.8 Å². The van der Waals surface area contributed by atoms with E-state index >= 15 is 0 Å². The molecule has 2 fully saturated rings. The molecule has 17 heavy (non-hydrogen) atoms. The highest BCUT2D eigenvalue weighted by molar-refractivity contribution is 5.18. The Kier molecular flexibility index (Phi) is 2.52. The first-order valence-electron chi connectivity index (χ1n) is 5.96. The van der Waals surface area contributed by atoms with Crippen LogP contribution < -0.4 is 4.74 Å². The van der Waals surface area contributed by atoms with Gasteiger partial charge in [-0.15, -0.1) is 10.2 Å². The fourth-order valence-corrected chi connectivity index (χ4v) is 2.80. The molecular weight excluding hydrogens is 220 g/mol. The zero-order valence-electron chi connectivity index (χ0n) is 9.80. The van der Waals surface area contributed by atoms with Crippen molar-refractivity contribution in [2.45, 2.75) is 43.5 Å². The van der Waals surface area contributed by atoms with Crippen molar-refractivity contribution >= 4 is 0 Å². The average Bonchev–Trinajstić information content (AvgIpc) is 2.69. The van der Waals surface area contributed by atoms with Crippen LogP contribution in [0.15, 0.2) is 12.1 Å². The number of aliphatic hydroxyl groups is 1. The standard InChI is InChI=1S/C12H16N2O3/c1-16-11-5-4-10(13-14-11)12(15)6-8-2-3-9(7-12)17-8/h4-5,8-9,15H,2-3,6-7H2,1H3. The molecule has 0 aromatic carbocycles. The molecule has 2 unspecified atom stereocenters. The maximum absolute atomic E-state index is 10.7. The SMILES string of the molecule is COc1ccc(C2(O)CC3CCC(C2)O3)nn1. The van der Waals surface area contributed by atoms with Crippen LogP contribution in [0.25, 0.3) is 0 Å². The van der Waals surface area contributed by atoms with Crippen molar-refractivity contribution in [3.05, 3.63) is 17.8 Å². The second-order valence-electron chi connectivity index (χ2n) is 4.86. The van der Waals surface area contributed by atoms with Crippen LogP contribution >= 0.6 is 0 Å². The second kappa shape index (κ2) is 3.92. The van der Waals surface area contributed by atoms with Crippen molar-refractivity contribution in [2.75, 3.05) is 7.11 Å². The van der Waals surface area contributed by atoms with Gasteiger partial charge < -0.3 is 14.6 Å². The molecule has 2 aliphatic rings. The third-order valence-corrected chi connectivity index (χ3v) is 3.65. The van der Waals surface area contributed by atoms with Crippen LogP contribution in [-0.4, -0.2) is 34.6 Å². The topological polar surface area (TPSA) is 64.5 Å². The lowest BCUT2D eigenvalue weighted by atomic mass is 9.87. The van der Waals surface area contributed by atoms with E-state index in [9.17, 15) is 5.11 Å². The molecule has 2 atom stereocenters. The normalized spacial score (nSPS) is 35.9. The largest absolute Gasteiger partial charge is 0.480 e. The number of aromatic nitrogens is 2. The van der Waals surface area contributed by atoms with Crippen molar-refractivity contribution in [2.24, 2.45) is 0 Å². The van der Waals surface area contributed by atoms with E-state index in [1.807, 2.05) is 0 Å². The average molecular weight is 236 g/mol. The van der Waals surface area contributed by atoms with Crippen LogP contribution in [0.3, 0.4) is 0 Å². The minimum absolute atomic E-state index is 0.169. The van der Waals surface area contributed by atoms with Crippen LogP contribution in [-0.2, 0) is 10.3 Å². The van der Waals surface area contributed by atoms with Crippen molar-refractivity contribution < 1.29 is 14.6 Å². The number of nitrogens with zero attached hydrogens (tertiary/aromatic N) is 2. The lowest BCUT2D eigenvalue weighted by Gasteiger charge is -2.35. The Balaban J connectivity index is 1.86. The van der Waals surface area contributed by atoms with Gasteiger partial charge >= 0.3 is 0 Å². The summed E-state index contributed by atoms with van der Waals surface area (Å²) in [6.07, 6.45) is 3.65. The Bertz CT molecular complexity index is 395. The minimum atomic E-state index is -0.886. The molecule has 2 bridgehead atoms. The Morgan fingerprint density at radius 1 is 1.29 bits per heavy atom. The zero-order chi connectivity index (χ0) is 11.9. The first kappa shape index (κ1) is 10.9. The summed E-state index contributed by atoms with van der Waals surface area (Å²) in [6.45, 7) is 0. The van der Waals surface area contributed by atoms with Crippen molar-refractivity contribution in [1.29, 1.82) is 0 Å². The van der Waals surface area contributed by atoms with Gasteiger partial charge in [0.1, 0.15) is 5.60 Å². The minimum Gasteiger partial charge on any atom is -0.480 e. The summed E-state index contributed by atoms with van der Waals surface area (Å²) >= 11 is 0. The summed E-state index contributed by atoms with van der Waals surface area (Å²) in [5.41, 5.74) is -0.262. The van der Waals surface area contributed by atoms with Gasteiger partial charge in [0.25, 0.3) is 0 Å². The molecule has 3 rings (SSSR count). The molecule has 1 aromatic heterocycles. The summed E-state index contributed by atoms with van der Waals surface area (Å²) in [5.74, 6) is 0.465. The van der Waals surface area contributed by atoms with E-state index in [-0.39, 0.29) is 12.2 Å². The maximum atomic E-state index is 10.7. The fourth-order valence-electron chi connectivity index (χ4n) is 2.80. The van der Waals surface area contributed by atoms with E-state index in [0.717, 1.165) is 12.8 Å². The monoisotopic (exact) mass is 236 g/mol. The van der Waals surface area contributed by atoms with Gasteiger partial charge in [-0.25, -0.2) is 0 Å². The van der Waals surface area contributed by atoms with E-state index in [4.69, 9.17) is 9.47 Å². The molecule has 5 nitrogen and oxygen atoms in total. The number of hydrogen-bond donors (Lipinski definition) is 1. The van der Waals surface area contributed by atoms with E-state index in [1.165, 1.54) is 0 Å². The van der Waals surface area contributed by atoms with Gasteiger partial charge in [0.2, 0.25) is 5.88 Å². The van der Waals surface area contributed by atoms with Crippen LogP contribution in [0.5, 0.6) is 5.88 Å². The van der Waals surface area contributed by atoms with Crippen molar-refractivity contribution in [3.8, 4) is 5.88 Å². The Morgan fingerprint density at radius 2 is 2.00 bits per heavy atom. The van der Waals surface area contributed by atoms with Gasteiger partial charge in [-0.05, 0) is 18.9 Å². The summed E-state index contributed by atoms with van der Waals surface area (Å²) in [6, 6.07) is 3.52. The van der Waals surface area contributed by atoms with E-state index in [1.54, 1.807) is 19.2 Å². The molecule has 1 aromatic rings. The fraction of sp³-hybridized carbons (Fsp3) is 0.667. The van der Waals surface area contributed by atoms with Gasteiger partial charge in [0, 0.05) is 18.9 Å². The highest BCUT2D eigenvalue weighted by Crippen LogP contribution is 2.43. The Morgan fingerprint density at radius 3 is 2.53 bits per heavy atom. The van der Waals surface area contributed by atoms with Gasteiger partial charge in [-0.1, -0.05) is 0 Å². The zero-order valence-corrected chi connectivity index (χ0v) is 9.80. The third kappa shape index (κ3) is 1.89. The molecule has 0 amide bonds. The Hall–Kier alpha value is -1.20. The molecule has 0 radical (unpaired) electrons. The van der Waals surface area contributed by atoms with E-state index in [2.05, 4.69) is 10.2 Å². The van der Waals surface area contributed by atoms with E-state index in [0.29, 0.717) is 24.4 Å². The predicted octanol–water partition coefficient (Wildman–Crippen LogP) is 1.01. The molecule has 2 saturated heterocycles. The number of hydrogen-bond acceptors (Lipinski definition) is 5. The summed E-state index contributed by atoms with van der Waals surface area (Å²) in [5, 5.41) is 18.6. The molecule has 0 saturated carbocycles. The first-order chi connectivity index (χ1) is 8.19. The highest BCUT2D eigenvalue weighted by Gasteiger charge is 2.45. The van der Waals surface area contributed by atoms with Crippen LogP contribution in [0.1, 0.15) is 31.4 Å². The molecule has 2 aliphatic heterocycles. The lowest BCUT2D eigenvalue weighted by Crippen LogP contribution is -2.39. The number of ether oxygens (including phenoxy) is 2. The van der Waals surface area contributed by atoms with Gasteiger partial charge in [-0.3, -0.25) is 0 Å². The molecular formula is C12H16N2O3. The van der Waals surface area contributed by atoms with Crippen LogP contribution in [0, 0.1) is 0 Å². The van der Waals surface area contributed by atoms with E-state index < -0.39 is 5.60 Å². The second-order valence-corrected chi connectivity index (χ2v) is 4.86. The molecule has 3 heterocycles. The summed E-state index contributed by atoms with van der Waals surface area (Å²) < 4.78 is 10.7. The molecule has 92 valence electrons. The molecule has 0 spiro atoms. The predicted molar refractivity (Wildman–Crippen MR) is 59.6 cm³/mol. The molecule has 0 aliphatic carbocycles. The molecule has 5 heteroatoms. The number of fused-ring (bicyclic) bond motifs is 2. The summed E-state index contributed by atoms with van der Waals surface area (Å²) in [4.78, 5) is 0. The third-order valence-electron chi connectivity index (χ3n) is 3.65. The highest BCUT2D eigenvalue weighted by atomic mass is 16.5. The first-order valence-corrected chi connectivity index (χ1v) is 5.96. The summed E-state index contributed by atoms with van der Waals surface area (Å²) in [7, 11) is 1.55. The van der Waals surface area contributed by atoms with Gasteiger partial charge in [0.15, 0.2) is 0 Å².